The van der Waals surface area contributed by atoms with E-state index in [9.17, 15) is 4.79 Å². The molecule has 0 saturated carbocycles. The third-order valence-corrected chi connectivity index (χ3v) is 3.60. The van der Waals surface area contributed by atoms with Crippen LogP contribution in [0.15, 0.2) is 61.1 Å². The first-order chi connectivity index (χ1) is 11.7. The highest BCUT2D eigenvalue weighted by Gasteiger charge is 2.14. The van der Waals surface area contributed by atoms with Crippen LogP contribution < -0.4 is 4.74 Å². The standard InChI is InChI=1S/C17H13N5O2/c1-21-11-18-14-9-13(7-8-16(14)21)24-17(23)15-10-19-22(20-15)12-5-3-2-4-6-12/h2-11H,1H3. The van der Waals surface area contributed by atoms with Gasteiger partial charge in [-0.2, -0.15) is 9.90 Å². The molecule has 0 N–H and O–H groups in total. The van der Waals surface area contributed by atoms with Crippen molar-refractivity contribution in [3.8, 4) is 11.4 Å². The summed E-state index contributed by atoms with van der Waals surface area (Å²) in [6.45, 7) is 0. The van der Waals surface area contributed by atoms with E-state index in [0.29, 0.717) is 5.75 Å². The summed E-state index contributed by atoms with van der Waals surface area (Å²) in [5.41, 5.74) is 2.63. The molecule has 0 radical (unpaired) electrons. The summed E-state index contributed by atoms with van der Waals surface area (Å²) in [5.74, 6) is -0.145. The van der Waals surface area contributed by atoms with Crippen LogP contribution in [-0.2, 0) is 7.05 Å². The first kappa shape index (κ1) is 14.1. The number of hydrogen-bond donors (Lipinski definition) is 0. The van der Waals surface area contributed by atoms with E-state index in [1.807, 2.05) is 48.0 Å². The van der Waals surface area contributed by atoms with Gasteiger partial charge in [0.1, 0.15) is 5.75 Å². The van der Waals surface area contributed by atoms with E-state index in [2.05, 4.69) is 15.2 Å². The Hall–Kier alpha value is -3.48. The van der Waals surface area contributed by atoms with Crippen molar-refractivity contribution in [3.05, 3.63) is 66.7 Å². The number of imidazole rings is 1. The molecule has 0 unspecified atom stereocenters. The highest BCUT2D eigenvalue weighted by Crippen LogP contribution is 2.20. The Kier molecular flexibility index (Phi) is 3.31. The molecule has 7 nitrogen and oxygen atoms in total. The van der Waals surface area contributed by atoms with Crippen LogP contribution in [0.5, 0.6) is 5.75 Å². The molecule has 0 aliphatic carbocycles. The number of aryl methyl sites for hydroxylation is 1. The van der Waals surface area contributed by atoms with Crippen LogP contribution in [0.2, 0.25) is 0 Å². The van der Waals surface area contributed by atoms with Crippen LogP contribution in [-0.4, -0.2) is 30.5 Å². The van der Waals surface area contributed by atoms with E-state index < -0.39 is 5.97 Å². The molecule has 0 aliphatic heterocycles. The van der Waals surface area contributed by atoms with Crippen LogP contribution in [0.4, 0.5) is 0 Å². The minimum Gasteiger partial charge on any atom is -0.422 e. The largest absolute Gasteiger partial charge is 0.422 e. The molecule has 4 rings (SSSR count). The molecule has 2 aromatic heterocycles. The average Bonchev–Trinajstić information content (AvgIpc) is 3.23. The van der Waals surface area contributed by atoms with Gasteiger partial charge in [0.15, 0.2) is 5.69 Å². The Balaban J connectivity index is 1.56. The van der Waals surface area contributed by atoms with Gasteiger partial charge in [-0.05, 0) is 24.3 Å². The molecule has 0 bridgehead atoms. The van der Waals surface area contributed by atoms with Crippen LogP contribution in [0, 0.1) is 0 Å². The summed E-state index contributed by atoms with van der Waals surface area (Å²) >= 11 is 0. The van der Waals surface area contributed by atoms with Crippen molar-refractivity contribution in [1.82, 2.24) is 24.5 Å². The van der Waals surface area contributed by atoms with Gasteiger partial charge >= 0.3 is 5.97 Å². The molecule has 0 aliphatic rings. The van der Waals surface area contributed by atoms with Crippen molar-refractivity contribution >= 4 is 17.0 Å². The molecule has 0 amide bonds. The van der Waals surface area contributed by atoms with Crippen LogP contribution in [0.1, 0.15) is 10.5 Å². The Bertz CT molecular complexity index is 1020. The molecule has 4 aromatic rings. The molecule has 24 heavy (non-hydrogen) atoms. The fourth-order valence-electron chi connectivity index (χ4n) is 2.38. The van der Waals surface area contributed by atoms with Gasteiger partial charge in [0.2, 0.25) is 0 Å². The maximum atomic E-state index is 12.2. The van der Waals surface area contributed by atoms with Crippen molar-refractivity contribution in [2.24, 2.45) is 7.05 Å². The SMILES string of the molecule is Cn1cnc2cc(OC(=O)c3cnn(-c4ccccc4)n3)ccc21. The Morgan fingerprint density at radius 2 is 1.96 bits per heavy atom. The van der Waals surface area contributed by atoms with Crippen molar-refractivity contribution in [2.45, 2.75) is 0 Å². The summed E-state index contributed by atoms with van der Waals surface area (Å²) in [4.78, 5) is 17.9. The Morgan fingerprint density at radius 1 is 1.12 bits per heavy atom. The molecular formula is C17H13N5O2. The molecule has 7 heteroatoms. The second kappa shape index (κ2) is 5.62. The number of fused-ring (bicyclic) bond motifs is 1. The van der Waals surface area contributed by atoms with Gasteiger partial charge in [-0.15, -0.1) is 5.10 Å². The van der Waals surface area contributed by atoms with E-state index in [-0.39, 0.29) is 5.69 Å². The number of nitrogens with zero attached hydrogens (tertiary/aromatic N) is 5. The van der Waals surface area contributed by atoms with E-state index in [1.54, 1.807) is 18.5 Å². The number of carbonyl (C=O) groups is 1. The minimum atomic E-state index is -0.563. The molecule has 0 saturated heterocycles. The van der Waals surface area contributed by atoms with Gasteiger partial charge in [-0.25, -0.2) is 9.78 Å². The van der Waals surface area contributed by atoms with E-state index in [4.69, 9.17) is 4.74 Å². The third kappa shape index (κ3) is 2.52. The number of esters is 1. The average molecular weight is 319 g/mol. The van der Waals surface area contributed by atoms with Crippen LogP contribution >= 0.6 is 0 Å². The topological polar surface area (TPSA) is 74.8 Å². The lowest BCUT2D eigenvalue weighted by molar-refractivity contribution is 0.0728. The number of benzene rings is 2. The highest BCUT2D eigenvalue weighted by molar-refractivity contribution is 5.89. The Morgan fingerprint density at radius 3 is 2.79 bits per heavy atom. The molecule has 2 aromatic carbocycles. The number of carbonyl (C=O) groups excluding carboxylic acids is 1. The fourth-order valence-corrected chi connectivity index (χ4v) is 2.38. The van der Waals surface area contributed by atoms with E-state index >= 15 is 0 Å². The van der Waals surface area contributed by atoms with Gasteiger partial charge in [-0.3, -0.25) is 0 Å². The summed E-state index contributed by atoms with van der Waals surface area (Å²) in [6, 6.07) is 14.6. The summed E-state index contributed by atoms with van der Waals surface area (Å²) in [5, 5.41) is 8.25. The summed E-state index contributed by atoms with van der Waals surface area (Å²) in [6.07, 6.45) is 3.09. The van der Waals surface area contributed by atoms with Crippen molar-refractivity contribution < 1.29 is 9.53 Å². The second-order valence-electron chi connectivity index (χ2n) is 5.25. The van der Waals surface area contributed by atoms with Crippen LogP contribution in [0.25, 0.3) is 16.7 Å². The van der Waals surface area contributed by atoms with Gasteiger partial charge in [0, 0.05) is 13.1 Å². The third-order valence-electron chi connectivity index (χ3n) is 3.60. The molecule has 0 fully saturated rings. The number of para-hydroxylation sites is 1. The molecule has 2 heterocycles. The molecule has 0 spiro atoms. The highest BCUT2D eigenvalue weighted by atomic mass is 16.5. The van der Waals surface area contributed by atoms with Gasteiger partial charge < -0.3 is 9.30 Å². The monoisotopic (exact) mass is 319 g/mol. The van der Waals surface area contributed by atoms with E-state index in [0.717, 1.165) is 16.7 Å². The van der Waals surface area contributed by atoms with Crippen molar-refractivity contribution in [2.75, 3.05) is 0 Å². The lowest BCUT2D eigenvalue weighted by Crippen LogP contribution is -2.10. The van der Waals surface area contributed by atoms with E-state index in [1.165, 1.54) is 11.0 Å². The molecule has 118 valence electrons. The number of aromatic nitrogens is 5. The molecular weight excluding hydrogens is 306 g/mol. The first-order valence-corrected chi connectivity index (χ1v) is 7.32. The maximum Gasteiger partial charge on any atom is 0.365 e. The fraction of sp³-hybridized carbons (Fsp3) is 0.0588. The van der Waals surface area contributed by atoms with Crippen molar-refractivity contribution in [1.29, 1.82) is 0 Å². The number of ether oxygens (including phenoxy) is 1. The summed E-state index contributed by atoms with van der Waals surface area (Å²) < 4.78 is 7.26. The lowest BCUT2D eigenvalue weighted by Gasteiger charge is -2.02. The zero-order valence-corrected chi connectivity index (χ0v) is 12.8. The van der Waals surface area contributed by atoms with Crippen molar-refractivity contribution in [3.63, 3.8) is 0 Å². The lowest BCUT2D eigenvalue weighted by atomic mass is 10.3. The zero-order valence-electron chi connectivity index (χ0n) is 12.8. The Labute approximate surface area is 137 Å². The zero-order chi connectivity index (χ0) is 16.5. The molecule has 0 atom stereocenters. The second-order valence-corrected chi connectivity index (χ2v) is 5.25. The quantitative estimate of drug-likeness (QED) is 0.428. The first-order valence-electron chi connectivity index (χ1n) is 7.32. The van der Waals surface area contributed by atoms with Crippen LogP contribution in [0.3, 0.4) is 0 Å². The number of rotatable bonds is 3. The van der Waals surface area contributed by atoms with Gasteiger partial charge in [0.05, 0.1) is 29.2 Å². The minimum absolute atomic E-state index is 0.139. The number of hydrogen-bond acceptors (Lipinski definition) is 5. The van der Waals surface area contributed by atoms with Gasteiger partial charge in [0.25, 0.3) is 0 Å². The predicted octanol–water partition coefficient (Wildman–Crippen LogP) is 2.37. The smallest absolute Gasteiger partial charge is 0.365 e. The van der Waals surface area contributed by atoms with Gasteiger partial charge in [-0.1, -0.05) is 18.2 Å². The summed E-state index contributed by atoms with van der Waals surface area (Å²) in [7, 11) is 1.91. The maximum absolute atomic E-state index is 12.2. The predicted molar refractivity (Wildman–Crippen MR) is 87.0 cm³/mol. The normalized spacial score (nSPS) is 10.9.